The number of nitrogens with one attached hydrogen (secondary N) is 6. The van der Waals surface area contributed by atoms with Crippen molar-refractivity contribution in [3.8, 4) is 0 Å². The molecule has 0 heterocycles. The number of rotatable bonds is 26. The second kappa shape index (κ2) is 25.5. The van der Waals surface area contributed by atoms with Crippen LogP contribution >= 0.6 is 0 Å². The molecule has 0 fully saturated rings. The van der Waals surface area contributed by atoms with Crippen LogP contribution in [0, 0.1) is 23.7 Å². The molecule has 0 rings (SSSR count). The summed E-state index contributed by atoms with van der Waals surface area (Å²) in [5, 5.41) is 24.9. The first-order chi connectivity index (χ1) is 25.1. The Morgan fingerprint density at radius 2 is 1.09 bits per heavy atom. The number of primary amides is 1. The number of amides is 7. The van der Waals surface area contributed by atoms with Crippen LogP contribution in [0.2, 0.25) is 0 Å². The number of carbonyl (C=O) groups excluding carboxylic acids is 7. The van der Waals surface area contributed by atoms with Gasteiger partial charge < -0.3 is 59.9 Å². The number of aliphatic imine (C=N–C) groups is 1. The zero-order valence-corrected chi connectivity index (χ0v) is 33.2. The highest BCUT2D eigenvalue weighted by molar-refractivity contribution is 5.96. The SMILES string of the molecule is CC[C@H](C)[C@H](NC(=O)[C@H](CC(C)C)NC(=O)[C@@H](N)CO)C(=O)NCC(=O)N[C@@H](CCCN=C(N)N)C(=O)N[C@@H](CC(C)C)C(=O)N[C@@H](CC(C)C)C(N)=O. The van der Waals surface area contributed by atoms with E-state index in [1.807, 2.05) is 48.5 Å². The number of nitrogens with two attached hydrogens (primary N) is 4. The van der Waals surface area contributed by atoms with E-state index >= 15 is 0 Å². The van der Waals surface area contributed by atoms with Crippen LogP contribution in [0.5, 0.6) is 0 Å². The van der Waals surface area contributed by atoms with Gasteiger partial charge in [-0.2, -0.15) is 0 Å². The number of hydrogen-bond donors (Lipinski definition) is 11. The van der Waals surface area contributed by atoms with Crippen LogP contribution in [0.3, 0.4) is 0 Å². The summed E-state index contributed by atoms with van der Waals surface area (Å²) in [6, 6.07) is -6.57. The Hall–Kier alpha value is -4.52. The Kier molecular flexibility index (Phi) is 23.4. The summed E-state index contributed by atoms with van der Waals surface area (Å²) in [7, 11) is 0. The van der Waals surface area contributed by atoms with Gasteiger partial charge in [-0.15, -0.1) is 0 Å². The molecule has 0 spiro atoms. The van der Waals surface area contributed by atoms with E-state index in [2.05, 4.69) is 36.9 Å². The van der Waals surface area contributed by atoms with E-state index in [0.29, 0.717) is 12.8 Å². The van der Waals surface area contributed by atoms with E-state index in [1.54, 1.807) is 6.92 Å². The van der Waals surface area contributed by atoms with Crippen molar-refractivity contribution < 1.29 is 38.7 Å². The zero-order chi connectivity index (χ0) is 41.7. The quantitative estimate of drug-likeness (QED) is 0.0250. The predicted octanol–water partition coefficient (Wildman–Crippen LogP) is -2.43. The number of guanidine groups is 1. The lowest BCUT2D eigenvalue weighted by Gasteiger charge is -2.28. The molecule has 19 heteroatoms. The largest absolute Gasteiger partial charge is 0.394 e. The highest BCUT2D eigenvalue weighted by Crippen LogP contribution is 2.12. The molecule has 0 aliphatic carbocycles. The third kappa shape index (κ3) is 20.1. The van der Waals surface area contributed by atoms with Gasteiger partial charge in [0.05, 0.1) is 13.2 Å². The zero-order valence-electron chi connectivity index (χ0n) is 33.2. The first kappa shape index (κ1) is 49.5. The Bertz CT molecular complexity index is 1270. The molecule has 54 heavy (non-hydrogen) atoms. The molecule has 0 radical (unpaired) electrons. The molecule has 0 saturated heterocycles. The average Bonchev–Trinajstić information content (AvgIpc) is 3.07. The van der Waals surface area contributed by atoms with Gasteiger partial charge in [-0.1, -0.05) is 61.8 Å². The molecule has 310 valence electrons. The lowest BCUT2D eigenvalue weighted by molar-refractivity contribution is -0.135. The van der Waals surface area contributed by atoms with Crippen LogP contribution in [-0.2, 0) is 33.6 Å². The maximum Gasteiger partial charge on any atom is 0.243 e. The van der Waals surface area contributed by atoms with Crippen molar-refractivity contribution in [2.75, 3.05) is 19.7 Å². The summed E-state index contributed by atoms with van der Waals surface area (Å²) in [6.45, 7) is 13.6. The van der Waals surface area contributed by atoms with Crippen molar-refractivity contribution in [3.63, 3.8) is 0 Å². The second-order valence-corrected chi connectivity index (χ2v) is 14.9. The Morgan fingerprint density at radius 3 is 1.56 bits per heavy atom. The van der Waals surface area contributed by atoms with E-state index in [1.165, 1.54) is 0 Å². The smallest absolute Gasteiger partial charge is 0.243 e. The highest BCUT2D eigenvalue weighted by Gasteiger charge is 2.33. The van der Waals surface area contributed by atoms with Crippen molar-refractivity contribution in [2.24, 2.45) is 51.6 Å². The fourth-order valence-corrected chi connectivity index (χ4v) is 5.28. The third-order valence-corrected chi connectivity index (χ3v) is 8.39. The molecule has 0 aromatic rings. The summed E-state index contributed by atoms with van der Waals surface area (Å²) in [5.74, 6) is -5.36. The van der Waals surface area contributed by atoms with Crippen molar-refractivity contribution in [3.05, 3.63) is 0 Å². The first-order valence-electron chi connectivity index (χ1n) is 18.6. The standard InChI is InChI=1S/C35H67N11O8/c1-9-21(8)28(46-33(53)26(15-20(6)7)44-30(50)22(36)17-47)34(54)41-16-27(48)42-23(11-10-12-40-35(38)39)31(51)45-25(14-19(4)5)32(52)43-24(29(37)49)13-18(2)3/h18-26,28,47H,9-17,36H2,1-8H3,(H2,37,49)(H,41,54)(H,42,48)(H,43,52)(H,44,50)(H,45,51)(H,46,53)(H4,38,39,40)/t21-,22-,23-,24-,25-,26-,28-/m0/s1. The van der Waals surface area contributed by atoms with Crippen LogP contribution in [-0.4, -0.2) is 108 Å². The van der Waals surface area contributed by atoms with Gasteiger partial charge in [-0.05, 0) is 55.8 Å². The van der Waals surface area contributed by atoms with Crippen LogP contribution < -0.4 is 54.8 Å². The molecule has 0 bridgehead atoms. The Morgan fingerprint density at radius 1 is 0.630 bits per heavy atom. The lowest BCUT2D eigenvalue weighted by Crippen LogP contribution is -2.59. The molecular weight excluding hydrogens is 702 g/mol. The van der Waals surface area contributed by atoms with Crippen LogP contribution in [0.15, 0.2) is 4.99 Å². The molecule has 0 saturated carbocycles. The number of nitrogens with zero attached hydrogens (tertiary/aromatic N) is 1. The molecule has 0 aromatic carbocycles. The molecular formula is C35H67N11O8. The fraction of sp³-hybridized carbons (Fsp3) is 0.771. The number of aliphatic hydroxyl groups excluding tert-OH is 1. The maximum atomic E-state index is 13.6. The third-order valence-electron chi connectivity index (χ3n) is 8.39. The molecule has 15 N–H and O–H groups in total. The van der Waals surface area contributed by atoms with Crippen LogP contribution in [0.1, 0.15) is 93.9 Å². The summed E-state index contributed by atoms with van der Waals surface area (Å²) in [6.07, 6.45) is 1.54. The molecule has 19 nitrogen and oxygen atoms in total. The van der Waals surface area contributed by atoms with E-state index in [-0.39, 0.29) is 61.9 Å². The van der Waals surface area contributed by atoms with Gasteiger partial charge in [-0.3, -0.25) is 38.6 Å². The normalized spacial score (nSPS) is 15.1. The number of hydrogen-bond acceptors (Lipinski definition) is 10. The van der Waals surface area contributed by atoms with Gasteiger partial charge in [0.25, 0.3) is 0 Å². The highest BCUT2D eigenvalue weighted by atomic mass is 16.3. The minimum atomic E-state index is -1.24. The van der Waals surface area contributed by atoms with Gasteiger partial charge in [0, 0.05) is 6.54 Å². The van der Waals surface area contributed by atoms with Crippen molar-refractivity contribution >= 4 is 47.3 Å². The number of aliphatic hydroxyl groups is 1. The molecule has 0 aliphatic rings. The van der Waals surface area contributed by atoms with E-state index in [0.717, 1.165) is 0 Å². The summed E-state index contributed by atoms with van der Waals surface area (Å²) < 4.78 is 0. The lowest BCUT2D eigenvalue weighted by atomic mass is 9.96. The minimum Gasteiger partial charge on any atom is -0.394 e. The van der Waals surface area contributed by atoms with E-state index in [4.69, 9.17) is 22.9 Å². The van der Waals surface area contributed by atoms with Gasteiger partial charge in [-0.25, -0.2) is 0 Å². The summed E-state index contributed by atoms with van der Waals surface area (Å²) >= 11 is 0. The van der Waals surface area contributed by atoms with Gasteiger partial charge >= 0.3 is 0 Å². The van der Waals surface area contributed by atoms with Crippen LogP contribution in [0.25, 0.3) is 0 Å². The maximum absolute atomic E-state index is 13.6. The topological polar surface area (TPSA) is 328 Å². The minimum absolute atomic E-state index is 0.0254. The monoisotopic (exact) mass is 770 g/mol. The Labute approximate surface area is 319 Å². The summed E-state index contributed by atoms with van der Waals surface area (Å²) in [4.78, 5) is 95.1. The van der Waals surface area contributed by atoms with E-state index < -0.39 is 90.8 Å². The van der Waals surface area contributed by atoms with Crippen molar-refractivity contribution in [1.82, 2.24) is 31.9 Å². The van der Waals surface area contributed by atoms with Gasteiger partial charge in [0.2, 0.25) is 41.4 Å². The molecule has 0 unspecified atom stereocenters. The average molecular weight is 770 g/mol. The van der Waals surface area contributed by atoms with Crippen molar-refractivity contribution in [1.29, 1.82) is 0 Å². The predicted molar refractivity (Wildman–Crippen MR) is 205 cm³/mol. The molecule has 0 aromatic heterocycles. The van der Waals surface area contributed by atoms with Crippen molar-refractivity contribution in [2.45, 2.75) is 130 Å². The summed E-state index contributed by atoms with van der Waals surface area (Å²) in [5.41, 5.74) is 22.0. The van der Waals surface area contributed by atoms with Crippen LogP contribution in [0.4, 0.5) is 0 Å². The van der Waals surface area contributed by atoms with Gasteiger partial charge in [0.1, 0.15) is 36.3 Å². The molecule has 0 aliphatic heterocycles. The molecule has 7 amide bonds. The number of carbonyl (C=O) groups is 7. The molecule has 7 atom stereocenters. The fourth-order valence-electron chi connectivity index (χ4n) is 5.28. The van der Waals surface area contributed by atoms with Gasteiger partial charge in [0.15, 0.2) is 5.96 Å². The van der Waals surface area contributed by atoms with E-state index in [9.17, 15) is 38.7 Å². The first-order valence-corrected chi connectivity index (χ1v) is 18.6. The second-order valence-electron chi connectivity index (χ2n) is 14.9. The Balaban J connectivity index is 6.00.